The van der Waals surface area contributed by atoms with E-state index in [-0.39, 0.29) is 18.4 Å². The summed E-state index contributed by atoms with van der Waals surface area (Å²) in [5, 5.41) is 3.52. The Hall–Kier alpha value is -0.140. The maximum Gasteiger partial charge on any atom is 0.241 e. The number of sulfonamides is 1. The molecule has 0 saturated carbocycles. The van der Waals surface area contributed by atoms with Crippen LogP contribution in [-0.4, -0.2) is 26.5 Å². The molecule has 0 radical (unpaired) electrons. The molecular formula is C14H20BrClN2O2S. The molecule has 2 unspecified atom stereocenters. The van der Waals surface area contributed by atoms with Crippen LogP contribution in [0, 0.1) is 6.92 Å². The number of nitrogens with one attached hydrogen (secondary N) is 2. The van der Waals surface area contributed by atoms with Crippen molar-refractivity contribution in [2.24, 2.45) is 0 Å². The number of aryl methyl sites for hydroxylation is 1. The van der Waals surface area contributed by atoms with Gasteiger partial charge in [0.05, 0.1) is 4.90 Å². The van der Waals surface area contributed by atoms with Crippen LogP contribution < -0.4 is 10.0 Å². The average Bonchev–Trinajstić information content (AvgIpc) is 2.71. The summed E-state index contributed by atoms with van der Waals surface area (Å²) in [6, 6.07) is 6.37. The van der Waals surface area contributed by atoms with E-state index in [1.165, 1.54) is 12.8 Å². The van der Waals surface area contributed by atoms with Crippen molar-refractivity contribution < 1.29 is 8.42 Å². The number of rotatable bonds is 3. The molecule has 2 fully saturated rings. The van der Waals surface area contributed by atoms with Gasteiger partial charge in [-0.25, -0.2) is 13.1 Å². The number of hydrogen-bond donors (Lipinski definition) is 2. The van der Waals surface area contributed by atoms with E-state index in [0.717, 1.165) is 22.9 Å². The molecule has 0 amide bonds. The standard InChI is InChI=1S/C14H19BrN2O2S.ClH/c1-9-2-3-10(15)6-14(9)20(18,19)17-13-7-11-4-5-12(8-13)16-11;/h2-3,6,11-13,16-17H,4-5,7-8H2,1H3;1H. The fraction of sp³-hybridized carbons (Fsp3) is 0.571. The molecule has 4 nitrogen and oxygen atoms in total. The summed E-state index contributed by atoms with van der Waals surface area (Å²) in [5.74, 6) is 0. The lowest BCUT2D eigenvalue weighted by Crippen LogP contribution is -2.48. The van der Waals surface area contributed by atoms with Crippen molar-refractivity contribution in [2.75, 3.05) is 0 Å². The lowest BCUT2D eigenvalue weighted by atomic mass is 10.0. The predicted octanol–water partition coefficient (Wildman–Crippen LogP) is 2.74. The fourth-order valence-electron chi connectivity index (χ4n) is 3.30. The van der Waals surface area contributed by atoms with Crippen LogP contribution in [0.15, 0.2) is 27.6 Å². The third-order valence-corrected chi connectivity index (χ3v) is 6.39. The van der Waals surface area contributed by atoms with E-state index in [2.05, 4.69) is 26.0 Å². The van der Waals surface area contributed by atoms with Gasteiger partial charge in [0.25, 0.3) is 0 Å². The molecule has 2 atom stereocenters. The SMILES string of the molecule is Cc1ccc(Br)cc1S(=O)(=O)NC1CC2CCC(C1)N2.Cl. The summed E-state index contributed by atoms with van der Waals surface area (Å²) in [7, 11) is -3.44. The van der Waals surface area contributed by atoms with E-state index in [9.17, 15) is 8.42 Å². The molecule has 2 saturated heterocycles. The van der Waals surface area contributed by atoms with Crippen LogP contribution >= 0.6 is 28.3 Å². The van der Waals surface area contributed by atoms with E-state index in [4.69, 9.17) is 0 Å². The maximum absolute atomic E-state index is 12.6. The molecule has 1 aromatic rings. The van der Waals surface area contributed by atoms with Crippen molar-refractivity contribution in [1.29, 1.82) is 0 Å². The summed E-state index contributed by atoms with van der Waals surface area (Å²) in [4.78, 5) is 0.373. The van der Waals surface area contributed by atoms with Gasteiger partial charge in [-0.3, -0.25) is 0 Å². The van der Waals surface area contributed by atoms with Crippen molar-refractivity contribution in [3.63, 3.8) is 0 Å². The summed E-state index contributed by atoms with van der Waals surface area (Å²) >= 11 is 3.34. The van der Waals surface area contributed by atoms with Gasteiger partial charge in [-0.05, 0) is 50.3 Å². The second-order valence-corrected chi connectivity index (χ2v) is 8.44. The van der Waals surface area contributed by atoms with E-state index >= 15 is 0 Å². The van der Waals surface area contributed by atoms with E-state index in [1.54, 1.807) is 6.07 Å². The maximum atomic E-state index is 12.6. The molecule has 2 aliphatic heterocycles. The molecule has 2 N–H and O–H groups in total. The fourth-order valence-corrected chi connectivity index (χ4v) is 5.34. The van der Waals surface area contributed by atoms with Gasteiger partial charge in [0.15, 0.2) is 0 Å². The summed E-state index contributed by atoms with van der Waals surface area (Å²) in [6.07, 6.45) is 4.11. The first-order chi connectivity index (χ1) is 9.44. The first-order valence-corrected chi connectivity index (χ1v) is 9.26. The van der Waals surface area contributed by atoms with Gasteiger partial charge < -0.3 is 5.32 Å². The number of fused-ring (bicyclic) bond motifs is 2. The second kappa shape index (κ2) is 6.54. The minimum atomic E-state index is -3.44. The smallest absolute Gasteiger partial charge is 0.241 e. The van der Waals surface area contributed by atoms with Crippen LogP contribution in [0.25, 0.3) is 0 Å². The minimum absolute atomic E-state index is 0. The molecule has 1 aromatic carbocycles. The Kier molecular flexibility index (Phi) is 5.36. The Bertz CT molecular complexity index is 611. The van der Waals surface area contributed by atoms with Crippen LogP contribution in [0.1, 0.15) is 31.2 Å². The number of hydrogen-bond acceptors (Lipinski definition) is 3. The highest BCUT2D eigenvalue weighted by atomic mass is 79.9. The van der Waals surface area contributed by atoms with Gasteiger partial charge in [0, 0.05) is 22.6 Å². The Morgan fingerprint density at radius 2 is 1.86 bits per heavy atom. The van der Waals surface area contributed by atoms with Crippen LogP contribution in [-0.2, 0) is 10.0 Å². The highest BCUT2D eigenvalue weighted by Gasteiger charge is 2.35. The highest BCUT2D eigenvalue weighted by Crippen LogP contribution is 2.28. The van der Waals surface area contributed by atoms with Gasteiger partial charge in [0.2, 0.25) is 10.0 Å². The quantitative estimate of drug-likeness (QED) is 0.827. The third-order valence-electron chi connectivity index (χ3n) is 4.23. The Morgan fingerprint density at radius 1 is 1.24 bits per heavy atom. The van der Waals surface area contributed by atoms with Crippen molar-refractivity contribution in [2.45, 2.75) is 55.6 Å². The average molecular weight is 396 g/mol. The highest BCUT2D eigenvalue weighted by molar-refractivity contribution is 9.10. The van der Waals surface area contributed by atoms with Crippen LogP contribution in [0.2, 0.25) is 0 Å². The molecule has 21 heavy (non-hydrogen) atoms. The summed E-state index contributed by atoms with van der Waals surface area (Å²) in [5.41, 5.74) is 0.776. The lowest BCUT2D eigenvalue weighted by Gasteiger charge is -2.29. The van der Waals surface area contributed by atoms with Crippen molar-refractivity contribution >= 4 is 38.4 Å². The molecule has 118 valence electrons. The van der Waals surface area contributed by atoms with Gasteiger partial charge in [0.1, 0.15) is 0 Å². The molecule has 2 heterocycles. The predicted molar refractivity (Wildman–Crippen MR) is 89.4 cm³/mol. The number of halogens is 2. The van der Waals surface area contributed by atoms with Gasteiger partial charge in [-0.15, -0.1) is 12.4 Å². The van der Waals surface area contributed by atoms with Crippen LogP contribution in [0.3, 0.4) is 0 Å². The van der Waals surface area contributed by atoms with E-state index < -0.39 is 10.0 Å². The zero-order valence-corrected chi connectivity index (χ0v) is 15.0. The molecule has 2 aliphatic rings. The monoisotopic (exact) mass is 394 g/mol. The van der Waals surface area contributed by atoms with E-state index in [0.29, 0.717) is 17.0 Å². The Labute approximate surface area is 140 Å². The van der Waals surface area contributed by atoms with E-state index in [1.807, 2.05) is 19.1 Å². The Balaban J connectivity index is 0.00000161. The summed E-state index contributed by atoms with van der Waals surface area (Å²) < 4.78 is 28.8. The third kappa shape index (κ3) is 3.79. The van der Waals surface area contributed by atoms with Crippen LogP contribution in [0.4, 0.5) is 0 Å². The minimum Gasteiger partial charge on any atom is -0.311 e. The first kappa shape index (κ1) is 17.2. The normalized spacial score (nSPS) is 28.2. The zero-order valence-electron chi connectivity index (χ0n) is 11.8. The zero-order chi connectivity index (χ0) is 14.3. The van der Waals surface area contributed by atoms with Gasteiger partial charge >= 0.3 is 0 Å². The van der Waals surface area contributed by atoms with Crippen molar-refractivity contribution in [3.8, 4) is 0 Å². The number of benzene rings is 1. The van der Waals surface area contributed by atoms with Crippen molar-refractivity contribution in [1.82, 2.24) is 10.0 Å². The van der Waals surface area contributed by atoms with Crippen molar-refractivity contribution in [3.05, 3.63) is 28.2 Å². The van der Waals surface area contributed by atoms with Gasteiger partial charge in [-0.1, -0.05) is 22.0 Å². The molecule has 0 aromatic heterocycles. The number of piperidine rings is 1. The molecule has 7 heteroatoms. The topological polar surface area (TPSA) is 58.2 Å². The van der Waals surface area contributed by atoms with Crippen LogP contribution in [0.5, 0.6) is 0 Å². The molecule has 3 rings (SSSR count). The molecule has 0 aliphatic carbocycles. The first-order valence-electron chi connectivity index (χ1n) is 6.98. The van der Waals surface area contributed by atoms with Gasteiger partial charge in [-0.2, -0.15) is 0 Å². The second-order valence-electron chi connectivity index (χ2n) is 5.84. The Morgan fingerprint density at radius 3 is 2.48 bits per heavy atom. The lowest BCUT2D eigenvalue weighted by molar-refractivity contribution is 0.345. The molecule has 0 spiro atoms. The molecule has 2 bridgehead atoms. The summed E-state index contributed by atoms with van der Waals surface area (Å²) in [6.45, 7) is 1.83. The molecular weight excluding hydrogens is 376 g/mol. The largest absolute Gasteiger partial charge is 0.311 e.